The van der Waals surface area contributed by atoms with Gasteiger partial charge in [0.05, 0.1) is 26.3 Å². The van der Waals surface area contributed by atoms with Crippen molar-refractivity contribution in [2.45, 2.75) is 78.1 Å². The number of nitrogens with zero attached hydrogens (tertiary/aromatic N) is 2. The van der Waals surface area contributed by atoms with Gasteiger partial charge in [0, 0.05) is 17.7 Å². The number of amidine groups is 1. The summed E-state index contributed by atoms with van der Waals surface area (Å²) in [6, 6.07) is 6.67. The number of aliphatic imine (C=N–C) groups is 1. The number of likely N-dealkylation sites (tertiary alicyclic amines) is 1. The number of quaternary nitrogens is 1. The first-order chi connectivity index (χ1) is 19.9. The Balaban J connectivity index is 1.77. The van der Waals surface area contributed by atoms with Gasteiger partial charge in [-0.05, 0) is 62.8 Å². The second-order valence-electron chi connectivity index (χ2n) is 10.9. The van der Waals surface area contributed by atoms with Gasteiger partial charge in [-0.25, -0.2) is 9.59 Å². The Morgan fingerprint density at radius 1 is 1.02 bits per heavy atom. The molecular formula is C29H47N4O8S+. The summed E-state index contributed by atoms with van der Waals surface area (Å²) in [5, 5.41) is 2.84. The lowest BCUT2D eigenvalue weighted by Crippen LogP contribution is -2.58. The number of ether oxygens (including phenoxy) is 2. The Kier molecular flexibility index (Phi) is 14.9. The van der Waals surface area contributed by atoms with Crippen LogP contribution in [0.5, 0.6) is 0 Å². The van der Waals surface area contributed by atoms with Crippen molar-refractivity contribution in [3.05, 3.63) is 29.8 Å². The van der Waals surface area contributed by atoms with Gasteiger partial charge in [-0.3, -0.25) is 13.8 Å². The maximum Gasteiger partial charge on any atom is 0.435 e. The average Bonchev–Trinajstić information content (AvgIpc) is 2.91. The second kappa shape index (κ2) is 17.8. The molecule has 0 spiro atoms. The molecule has 0 saturated carbocycles. The van der Waals surface area contributed by atoms with E-state index in [0.29, 0.717) is 50.2 Å². The topological polar surface area (TPSA) is 174 Å². The molecule has 2 rings (SSSR count). The minimum absolute atomic E-state index is 0.0320. The van der Waals surface area contributed by atoms with Crippen LogP contribution in [-0.4, -0.2) is 80.0 Å². The molecule has 0 aliphatic carbocycles. The molecule has 0 atom stereocenters. The molecule has 42 heavy (non-hydrogen) atoms. The van der Waals surface area contributed by atoms with E-state index in [1.54, 1.807) is 31.2 Å². The number of nitrogens with two attached hydrogens (primary N) is 1. The number of rotatable bonds is 17. The highest BCUT2D eigenvalue weighted by Crippen LogP contribution is 2.28. The maximum atomic E-state index is 12.6. The van der Waals surface area contributed by atoms with Crippen molar-refractivity contribution in [3.63, 3.8) is 0 Å². The van der Waals surface area contributed by atoms with E-state index in [2.05, 4.69) is 17.2 Å². The third kappa shape index (κ3) is 13.8. The number of nitrogens with one attached hydrogen (secondary N) is 1. The van der Waals surface area contributed by atoms with Gasteiger partial charge < -0.3 is 20.5 Å². The zero-order valence-corrected chi connectivity index (χ0v) is 25.7. The molecule has 1 fully saturated rings. The van der Waals surface area contributed by atoms with Crippen molar-refractivity contribution in [1.29, 1.82) is 0 Å². The molecule has 0 radical (unpaired) electrons. The highest BCUT2D eigenvalue weighted by Gasteiger charge is 2.39. The number of esters is 1. The average molecular weight is 612 g/mol. The van der Waals surface area contributed by atoms with Crippen molar-refractivity contribution in [2.24, 2.45) is 16.6 Å². The molecule has 4 N–H and O–H groups in total. The van der Waals surface area contributed by atoms with Crippen LogP contribution < -0.4 is 11.1 Å². The molecule has 12 nitrogen and oxygen atoms in total. The number of carbonyl (C=O) groups is 3. The van der Waals surface area contributed by atoms with Crippen LogP contribution in [-0.2, 0) is 29.2 Å². The summed E-state index contributed by atoms with van der Waals surface area (Å²) in [6.07, 6.45) is 7.92. The number of hydrogen-bond donors (Lipinski definition) is 3. The molecular weight excluding hydrogens is 564 g/mol. The molecule has 0 unspecified atom stereocenters. The minimum atomic E-state index is -4.28. The van der Waals surface area contributed by atoms with Gasteiger partial charge in [0.15, 0.2) is 6.54 Å². The van der Waals surface area contributed by atoms with E-state index >= 15 is 0 Å². The summed E-state index contributed by atoms with van der Waals surface area (Å²) >= 11 is 0. The highest BCUT2D eigenvalue weighted by atomic mass is 32.2. The zero-order valence-electron chi connectivity index (χ0n) is 24.9. The van der Waals surface area contributed by atoms with Crippen molar-refractivity contribution >= 4 is 39.6 Å². The fourth-order valence-corrected chi connectivity index (χ4v) is 6.18. The van der Waals surface area contributed by atoms with Crippen LogP contribution in [0, 0.1) is 5.92 Å². The molecule has 1 saturated heterocycles. The molecule has 0 aromatic heterocycles. The molecule has 0 bridgehead atoms. The number of hydrogen-bond acceptors (Lipinski definition) is 7. The summed E-state index contributed by atoms with van der Waals surface area (Å²) in [4.78, 5) is 40.3. The lowest BCUT2D eigenvalue weighted by molar-refractivity contribution is -0.916. The number of piperidine rings is 1. The normalized spacial score (nSPS) is 19.2. The van der Waals surface area contributed by atoms with Crippen molar-refractivity contribution in [2.75, 3.05) is 44.0 Å². The monoisotopic (exact) mass is 611 g/mol. The van der Waals surface area contributed by atoms with Crippen molar-refractivity contribution < 1.29 is 41.3 Å². The van der Waals surface area contributed by atoms with E-state index in [1.807, 2.05) is 0 Å². The quantitative estimate of drug-likeness (QED) is 0.0581. The van der Waals surface area contributed by atoms with Gasteiger partial charge >= 0.3 is 22.2 Å². The summed E-state index contributed by atoms with van der Waals surface area (Å²) in [7, 11) is -4.28. The molecule has 2 amide bonds. The van der Waals surface area contributed by atoms with E-state index in [-0.39, 0.29) is 41.7 Å². The molecule has 1 aliphatic rings. The predicted octanol–water partition coefficient (Wildman–Crippen LogP) is 4.24. The largest absolute Gasteiger partial charge is 0.462 e. The smallest absolute Gasteiger partial charge is 0.435 e. The van der Waals surface area contributed by atoms with Gasteiger partial charge in [0.1, 0.15) is 5.84 Å². The first kappa shape index (κ1) is 35.2. The SMILES string of the molecule is CCCCCCCCOC(=O)N=C(N)c1ccc(NC(=O)CCC2CC[N+](CC(=O)OCC)(CS(=O)(=O)O)CC2)cc1. The van der Waals surface area contributed by atoms with E-state index in [1.165, 1.54) is 19.3 Å². The van der Waals surface area contributed by atoms with Crippen LogP contribution in [0.15, 0.2) is 29.3 Å². The lowest BCUT2D eigenvalue weighted by Gasteiger charge is -2.41. The summed E-state index contributed by atoms with van der Waals surface area (Å²) in [5.41, 5.74) is 7.05. The van der Waals surface area contributed by atoms with E-state index < -0.39 is 28.1 Å². The third-order valence-corrected chi connectivity index (χ3v) is 8.28. The van der Waals surface area contributed by atoms with E-state index in [0.717, 1.165) is 19.3 Å². The van der Waals surface area contributed by atoms with Crippen LogP contribution in [0.4, 0.5) is 10.5 Å². The van der Waals surface area contributed by atoms with Gasteiger partial charge in [-0.1, -0.05) is 39.0 Å². The van der Waals surface area contributed by atoms with Gasteiger partial charge in [-0.2, -0.15) is 13.4 Å². The lowest BCUT2D eigenvalue weighted by atomic mass is 9.91. The van der Waals surface area contributed by atoms with E-state index in [4.69, 9.17) is 15.2 Å². The Hall–Kier alpha value is -3.03. The number of benzene rings is 1. The van der Waals surface area contributed by atoms with Gasteiger partial charge in [0.25, 0.3) is 0 Å². The molecule has 13 heteroatoms. The fraction of sp³-hybridized carbons (Fsp3) is 0.655. The van der Waals surface area contributed by atoms with Crippen LogP contribution in [0.1, 0.15) is 83.6 Å². The molecule has 236 valence electrons. The first-order valence-electron chi connectivity index (χ1n) is 14.8. The Morgan fingerprint density at radius 2 is 1.67 bits per heavy atom. The standard InChI is InChI=1S/C29H46N4O8S/c1-3-5-6-7-8-9-20-41-29(36)32-28(30)24-11-13-25(14-12-24)31-26(34)15-10-23-16-18-33(19-17-23,22-42(37,38)39)21-27(35)40-4-2/h11-14,23H,3-10,15-22H2,1-2H3,(H3-,30,31,32,34,36,37,38,39)/p+1. The zero-order chi connectivity index (χ0) is 31.0. The summed E-state index contributed by atoms with van der Waals surface area (Å²) < 4.78 is 42.7. The number of unbranched alkanes of at least 4 members (excludes halogenated alkanes) is 5. The minimum Gasteiger partial charge on any atom is -0.462 e. The molecule has 1 aromatic rings. The van der Waals surface area contributed by atoms with Crippen LogP contribution in [0.3, 0.4) is 0 Å². The predicted molar refractivity (Wildman–Crippen MR) is 160 cm³/mol. The van der Waals surface area contributed by atoms with Crippen molar-refractivity contribution in [3.8, 4) is 0 Å². The maximum absolute atomic E-state index is 12.6. The van der Waals surface area contributed by atoms with Crippen molar-refractivity contribution in [1.82, 2.24) is 0 Å². The highest BCUT2D eigenvalue weighted by molar-refractivity contribution is 7.85. The second-order valence-corrected chi connectivity index (χ2v) is 12.4. The Labute approximate surface area is 249 Å². The van der Waals surface area contributed by atoms with Gasteiger partial charge in [0.2, 0.25) is 11.8 Å². The molecule has 1 heterocycles. The Bertz CT molecular complexity index is 1150. The van der Waals surface area contributed by atoms with Crippen LogP contribution in [0.2, 0.25) is 0 Å². The van der Waals surface area contributed by atoms with Crippen LogP contribution >= 0.6 is 0 Å². The Morgan fingerprint density at radius 3 is 2.29 bits per heavy atom. The third-order valence-electron chi connectivity index (χ3n) is 7.41. The van der Waals surface area contributed by atoms with E-state index in [9.17, 15) is 27.4 Å². The molecule has 1 aliphatic heterocycles. The fourth-order valence-electron chi connectivity index (χ4n) is 5.14. The summed E-state index contributed by atoms with van der Waals surface area (Å²) in [6.45, 7) is 5.01. The summed E-state index contributed by atoms with van der Waals surface area (Å²) in [5.74, 6) is -0.987. The number of carbonyl (C=O) groups excluding carboxylic acids is 3. The first-order valence-corrected chi connectivity index (χ1v) is 16.4. The van der Waals surface area contributed by atoms with Crippen LogP contribution in [0.25, 0.3) is 0 Å². The number of amides is 2. The van der Waals surface area contributed by atoms with Gasteiger partial charge in [-0.15, -0.1) is 0 Å². The molecule has 1 aromatic carbocycles. The number of anilines is 1.